The Morgan fingerprint density at radius 3 is 1.93 bits per heavy atom. The number of aromatic nitrogens is 2. The van der Waals surface area contributed by atoms with E-state index in [1.165, 1.54) is 7.11 Å². The molecule has 160 valence electrons. The molecule has 0 spiro atoms. The van der Waals surface area contributed by atoms with Crippen LogP contribution in [0.1, 0.15) is 52.7 Å². The number of phenolic OH excluding ortho intramolecular Hbond substituents is 1. The molecule has 6 nitrogen and oxygen atoms in total. The van der Waals surface area contributed by atoms with Crippen LogP contribution in [0.2, 0.25) is 0 Å². The summed E-state index contributed by atoms with van der Waals surface area (Å²) in [6.07, 6.45) is 0. The molecule has 0 aliphatic rings. The summed E-state index contributed by atoms with van der Waals surface area (Å²) in [7, 11) is 3.06. The second-order valence-corrected chi connectivity index (χ2v) is 9.56. The molecular formula is C24H30N2O4. The van der Waals surface area contributed by atoms with Gasteiger partial charge in [-0.1, -0.05) is 41.5 Å². The summed E-state index contributed by atoms with van der Waals surface area (Å²) in [6, 6.07) is 7.17. The van der Waals surface area contributed by atoms with Crippen LogP contribution in [-0.4, -0.2) is 29.3 Å². The number of phenols is 1. The van der Waals surface area contributed by atoms with E-state index in [0.717, 1.165) is 16.7 Å². The highest BCUT2D eigenvalue weighted by Gasteiger charge is 2.27. The van der Waals surface area contributed by atoms with Crippen LogP contribution in [0.4, 0.5) is 0 Å². The zero-order chi connectivity index (χ0) is 22.4. The van der Waals surface area contributed by atoms with Crippen molar-refractivity contribution in [3.8, 4) is 28.6 Å². The van der Waals surface area contributed by atoms with Crippen LogP contribution in [0.25, 0.3) is 22.3 Å². The lowest BCUT2D eigenvalue weighted by Gasteiger charge is -2.28. The third kappa shape index (κ3) is 3.86. The predicted octanol–water partition coefficient (Wildman–Crippen LogP) is 4.91. The number of hydrogen-bond acceptors (Lipinski definition) is 5. The Labute approximate surface area is 176 Å². The lowest BCUT2D eigenvalue weighted by molar-refractivity contribution is 0.397. The number of rotatable bonds is 3. The van der Waals surface area contributed by atoms with Gasteiger partial charge in [0.25, 0.3) is 5.56 Å². The second-order valence-electron chi connectivity index (χ2n) is 9.56. The number of fused-ring (bicyclic) bond motifs is 1. The van der Waals surface area contributed by atoms with Gasteiger partial charge in [0.05, 0.1) is 19.7 Å². The SMILES string of the molecule is COc1cc(OC)c2c(=O)[nH]c(-c3cc(C(C)(C)C)c(O)c(C(C)(C)C)c3)nc2c1. The Balaban J connectivity index is 2.36. The Bertz CT molecular complexity index is 1130. The van der Waals surface area contributed by atoms with Crippen molar-refractivity contribution in [3.05, 3.63) is 45.7 Å². The average Bonchev–Trinajstić information content (AvgIpc) is 2.64. The molecule has 0 unspecified atom stereocenters. The minimum atomic E-state index is -0.294. The Morgan fingerprint density at radius 1 is 0.900 bits per heavy atom. The first-order valence-electron chi connectivity index (χ1n) is 9.91. The molecule has 0 aliphatic carbocycles. The first-order chi connectivity index (χ1) is 13.9. The highest BCUT2D eigenvalue weighted by molar-refractivity contribution is 5.87. The summed E-state index contributed by atoms with van der Waals surface area (Å²) in [5.41, 5.74) is 1.95. The number of ether oxygens (including phenoxy) is 2. The van der Waals surface area contributed by atoms with E-state index >= 15 is 0 Å². The monoisotopic (exact) mass is 410 g/mol. The quantitative estimate of drug-likeness (QED) is 0.641. The number of hydrogen-bond donors (Lipinski definition) is 2. The fourth-order valence-electron chi connectivity index (χ4n) is 3.54. The van der Waals surface area contributed by atoms with E-state index in [1.54, 1.807) is 19.2 Å². The Morgan fingerprint density at radius 2 is 1.47 bits per heavy atom. The summed E-state index contributed by atoms with van der Waals surface area (Å²) in [4.78, 5) is 20.5. The molecule has 0 atom stereocenters. The van der Waals surface area contributed by atoms with Gasteiger partial charge in [-0.15, -0.1) is 0 Å². The molecule has 0 saturated heterocycles. The van der Waals surface area contributed by atoms with Gasteiger partial charge >= 0.3 is 0 Å². The predicted molar refractivity (Wildman–Crippen MR) is 120 cm³/mol. The number of nitrogens with one attached hydrogen (secondary N) is 1. The van der Waals surface area contributed by atoms with E-state index in [4.69, 9.17) is 14.5 Å². The van der Waals surface area contributed by atoms with E-state index < -0.39 is 0 Å². The van der Waals surface area contributed by atoms with Crippen LogP contribution in [0.5, 0.6) is 17.2 Å². The van der Waals surface area contributed by atoms with Gasteiger partial charge in [0, 0.05) is 28.8 Å². The minimum Gasteiger partial charge on any atom is -0.507 e. The number of aromatic amines is 1. The zero-order valence-electron chi connectivity index (χ0n) is 18.9. The second kappa shape index (κ2) is 7.35. The van der Waals surface area contributed by atoms with Gasteiger partial charge in [0.1, 0.15) is 28.5 Å². The molecular weight excluding hydrogens is 380 g/mol. The van der Waals surface area contributed by atoms with Crippen molar-refractivity contribution in [3.63, 3.8) is 0 Å². The maximum Gasteiger partial charge on any atom is 0.262 e. The molecule has 0 fully saturated rings. The lowest BCUT2D eigenvalue weighted by atomic mass is 9.78. The highest BCUT2D eigenvalue weighted by Crippen LogP contribution is 2.41. The van der Waals surface area contributed by atoms with E-state index in [9.17, 15) is 9.90 Å². The highest BCUT2D eigenvalue weighted by atomic mass is 16.5. The third-order valence-electron chi connectivity index (χ3n) is 5.20. The van der Waals surface area contributed by atoms with Crippen LogP contribution in [0, 0.1) is 0 Å². The van der Waals surface area contributed by atoms with Gasteiger partial charge in [-0.3, -0.25) is 4.79 Å². The zero-order valence-corrected chi connectivity index (χ0v) is 18.9. The average molecular weight is 411 g/mol. The molecule has 6 heteroatoms. The van der Waals surface area contributed by atoms with Crippen molar-refractivity contribution in [2.24, 2.45) is 0 Å². The topological polar surface area (TPSA) is 84.4 Å². The van der Waals surface area contributed by atoms with Gasteiger partial charge in [0.2, 0.25) is 0 Å². The summed E-state index contributed by atoms with van der Waals surface area (Å²) in [5.74, 6) is 1.67. The molecule has 2 aromatic carbocycles. The van der Waals surface area contributed by atoms with E-state index in [2.05, 4.69) is 4.98 Å². The first-order valence-corrected chi connectivity index (χ1v) is 9.91. The molecule has 0 aliphatic heterocycles. The lowest BCUT2D eigenvalue weighted by Crippen LogP contribution is -2.18. The van der Waals surface area contributed by atoms with Crippen molar-refractivity contribution < 1.29 is 14.6 Å². The third-order valence-corrected chi connectivity index (χ3v) is 5.20. The molecule has 0 amide bonds. The van der Waals surface area contributed by atoms with E-state index in [-0.39, 0.29) is 22.1 Å². The summed E-state index contributed by atoms with van der Waals surface area (Å²) in [6.45, 7) is 12.3. The van der Waals surface area contributed by atoms with Gasteiger partial charge in [-0.2, -0.15) is 0 Å². The van der Waals surface area contributed by atoms with Gasteiger partial charge in [-0.25, -0.2) is 4.98 Å². The minimum absolute atomic E-state index is 0.283. The molecule has 1 aromatic heterocycles. The molecule has 30 heavy (non-hydrogen) atoms. The van der Waals surface area contributed by atoms with Gasteiger partial charge in [-0.05, 0) is 23.0 Å². The molecule has 0 saturated carbocycles. The fourth-order valence-corrected chi connectivity index (χ4v) is 3.54. The van der Waals surface area contributed by atoms with E-state index in [1.807, 2.05) is 53.7 Å². The van der Waals surface area contributed by atoms with Crippen LogP contribution >= 0.6 is 0 Å². The van der Waals surface area contributed by atoms with Crippen molar-refractivity contribution in [2.45, 2.75) is 52.4 Å². The Hall–Kier alpha value is -3.02. The van der Waals surface area contributed by atoms with Crippen LogP contribution in [0.3, 0.4) is 0 Å². The number of methoxy groups -OCH3 is 2. The number of nitrogens with zero attached hydrogens (tertiary/aromatic N) is 1. The molecule has 0 radical (unpaired) electrons. The fraction of sp³-hybridized carbons (Fsp3) is 0.417. The number of H-pyrrole nitrogens is 1. The van der Waals surface area contributed by atoms with Gasteiger partial charge in [0.15, 0.2) is 0 Å². The largest absolute Gasteiger partial charge is 0.507 e. The van der Waals surface area contributed by atoms with Crippen molar-refractivity contribution in [1.29, 1.82) is 0 Å². The molecule has 2 N–H and O–H groups in total. The van der Waals surface area contributed by atoms with Crippen molar-refractivity contribution in [2.75, 3.05) is 14.2 Å². The summed E-state index contributed by atoms with van der Waals surface area (Å²) < 4.78 is 10.7. The maximum absolute atomic E-state index is 12.9. The van der Waals surface area contributed by atoms with Gasteiger partial charge < -0.3 is 19.6 Å². The first kappa shape index (κ1) is 21.7. The van der Waals surface area contributed by atoms with Crippen molar-refractivity contribution in [1.82, 2.24) is 9.97 Å². The standard InChI is InChI=1S/C24H30N2O4/c1-23(2,3)15-9-13(10-16(20(15)27)24(4,5)6)21-25-17-11-14(29-7)12-18(30-8)19(17)22(28)26-21/h9-12,27H,1-8H3,(H,25,26,28). The van der Waals surface area contributed by atoms with Crippen LogP contribution in [-0.2, 0) is 10.8 Å². The number of aromatic hydroxyl groups is 1. The maximum atomic E-state index is 12.9. The van der Waals surface area contributed by atoms with Crippen LogP contribution in [0.15, 0.2) is 29.1 Å². The summed E-state index contributed by atoms with van der Waals surface area (Å²) in [5, 5.41) is 11.3. The molecule has 3 rings (SSSR count). The molecule has 1 heterocycles. The van der Waals surface area contributed by atoms with Crippen LogP contribution < -0.4 is 15.0 Å². The van der Waals surface area contributed by atoms with E-state index in [0.29, 0.717) is 28.2 Å². The number of benzene rings is 2. The summed E-state index contributed by atoms with van der Waals surface area (Å²) >= 11 is 0. The molecule has 3 aromatic rings. The Kier molecular flexibility index (Phi) is 5.31. The smallest absolute Gasteiger partial charge is 0.262 e. The molecule has 0 bridgehead atoms. The normalized spacial score (nSPS) is 12.3. The van der Waals surface area contributed by atoms with Crippen molar-refractivity contribution >= 4 is 10.9 Å².